The van der Waals surface area contributed by atoms with E-state index in [1.165, 1.54) is 0 Å². The van der Waals surface area contributed by atoms with Gasteiger partial charge < -0.3 is 10.6 Å². The molecule has 8 heteroatoms. The van der Waals surface area contributed by atoms with Crippen molar-refractivity contribution in [3.63, 3.8) is 0 Å². The Morgan fingerprint density at radius 1 is 1.11 bits per heavy atom. The summed E-state index contributed by atoms with van der Waals surface area (Å²) in [6.07, 6.45) is 0. The molecule has 94 valence electrons. The van der Waals surface area contributed by atoms with Crippen molar-refractivity contribution in [1.29, 1.82) is 0 Å². The van der Waals surface area contributed by atoms with Crippen molar-refractivity contribution < 1.29 is 0 Å². The molecule has 1 aromatic carbocycles. The largest absolute Gasteiger partial charge is 0.357 e. The lowest BCUT2D eigenvalue weighted by Crippen LogP contribution is -2.03. The van der Waals surface area contributed by atoms with Gasteiger partial charge in [0.1, 0.15) is 0 Å². The third-order valence-corrected chi connectivity index (χ3v) is 3.07. The standard InChI is InChI=1S/C10H8BrCl2N5/c1-14-9-16-8(13)17-10(18-9)15-7-3-2-5(12)4-6(7)11/h2-4H,1H3,(H2,14,15,16,17,18). The Morgan fingerprint density at radius 3 is 2.50 bits per heavy atom. The highest BCUT2D eigenvalue weighted by molar-refractivity contribution is 9.10. The molecule has 0 saturated heterocycles. The molecular formula is C10H8BrCl2N5. The average Bonchev–Trinajstić information content (AvgIpc) is 2.32. The van der Waals surface area contributed by atoms with Gasteiger partial charge in [-0.1, -0.05) is 11.6 Å². The number of aromatic nitrogens is 3. The minimum atomic E-state index is 0.113. The van der Waals surface area contributed by atoms with Crippen LogP contribution in [0.15, 0.2) is 22.7 Å². The summed E-state index contributed by atoms with van der Waals surface area (Å²) in [5.74, 6) is 0.741. The first-order valence-corrected chi connectivity index (χ1v) is 6.45. The molecule has 2 rings (SSSR count). The van der Waals surface area contributed by atoms with E-state index in [9.17, 15) is 0 Å². The minimum absolute atomic E-state index is 0.113. The molecule has 0 unspecified atom stereocenters. The Labute approximate surface area is 122 Å². The average molecular weight is 349 g/mol. The Hall–Kier alpha value is -1.11. The second kappa shape index (κ2) is 5.69. The minimum Gasteiger partial charge on any atom is -0.357 e. The second-order valence-corrected chi connectivity index (χ2v) is 4.88. The molecular weight excluding hydrogens is 341 g/mol. The van der Waals surface area contributed by atoms with Gasteiger partial charge in [0.05, 0.1) is 5.69 Å². The highest BCUT2D eigenvalue weighted by Gasteiger charge is 2.06. The number of nitrogens with zero attached hydrogens (tertiary/aromatic N) is 3. The van der Waals surface area contributed by atoms with Crippen LogP contribution in [-0.4, -0.2) is 22.0 Å². The number of anilines is 3. The zero-order chi connectivity index (χ0) is 13.1. The first-order valence-electron chi connectivity index (χ1n) is 4.90. The Kier molecular flexibility index (Phi) is 4.21. The summed E-state index contributed by atoms with van der Waals surface area (Å²) in [4.78, 5) is 12.0. The van der Waals surface area contributed by atoms with Crippen molar-refractivity contribution in [2.45, 2.75) is 0 Å². The van der Waals surface area contributed by atoms with E-state index >= 15 is 0 Å². The smallest absolute Gasteiger partial charge is 0.233 e. The third-order valence-electron chi connectivity index (χ3n) is 2.01. The van der Waals surface area contributed by atoms with Gasteiger partial charge >= 0.3 is 0 Å². The maximum absolute atomic E-state index is 5.86. The van der Waals surface area contributed by atoms with Crippen LogP contribution in [0.4, 0.5) is 17.6 Å². The molecule has 0 bridgehead atoms. The van der Waals surface area contributed by atoms with Gasteiger partial charge in [0.15, 0.2) is 0 Å². The molecule has 2 aromatic rings. The quantitative estimate of drug-likeness (QED) is 0.884. The predicted octanol–water partition coefficient (Wildman–Crippen LogP) is 3.73. The maximum atomic E-state index is 5.86. The summed E-state index contributed by atoms with van der Waals surface area (Å²) in [6.45, 7) is 0. The lowest BCUT2D eigenvalue weighted by atomic mass is 10.3. The fourth-order valence-corrected chi connectivity index (χ4v) is 2.17. The summed E-state index contributed by atoms with van der Waals surface area (Å²) in [6, 6.07) is 5.34. The fraction of sp³-hybridized carbons (Fsp3) is 0.100. The van der Waals surface area contributed by atoms with Crippen LogP contribution in [0.5, 0.6) is 0 Å². The molecule has 18 heavy (non-hydrogen) atoms. The predicted molar refractivity (Wildman–Crippen MR) is 76.8 cm³/mol. The summed E-state index contributed by atoms with van der Waals surface area (Å²) in [5.41, 5.74) is 0.781. The first kappa shape index (κ1) is 13.3. The number of rotatable bonds is 3. The van der Waals surface area contributed by atoms with Gasteiger partial charge in [-0.05, 0) is 45.7 Å². The maximum Gasteiger partial charge on any atom is 0.233 e. The van der Waals surface area contributed by atoms with Gasteiger partial charge in [0.25, 0.3) is 0 Å². The molecule has 5 nitrogen and oxygen atoms in total. The van der Waals surface area contributed by atoms with E-state index in [0.717, 1.165) is 10.2 Å². The Balaban J connectivity index is 2.30. The summed E-state index contributed by atoms with van der Waals surface area (Å²) in [7, 11) is 1.70. The third kappa shape index (κ3) is 3.22. The molecule has 0 amide bonds. The van der Waals surface area contributed by atoms with Crippen LogP contribution < -0.4 is 10.6 Å². The molecule has 1 heterocycles. The number of nitrogens with one attached hydrogen (secondary N) is 2. The zero-order valence-corrected chi connectivity index (χ0v) is 12.3. The molecule has 2 N–H and O–H groups in total. The summed E-state index contributed by atoms with van der Waals surface area (Å²) >= 11 is 15.0. The zero-order valence-electron chi connectivity index (χ0n) is 9.21. The second-order valence-electron chi connectivity index (χ2n) is 3.25. The summed E-state index contributed by atoms with van der Waals surface area (Å²) < 4.78 is 0.803. The van der Waals surface area contributed by atoms with Crippen LogP contribution in [-0.2, 0) is 0 Å². The number of hydrogen-bond acceptors (Lipinski definition) is 5. The molecule has 0 saturated carbocycles. The van der Waals surface area contributed by atoms with Crippen molar-refractivity contribution in [3.8, 4) is 0 Å². The van der Waals surface area contributed by atoms with Crippen molar-refractivity contribution in [1.82, 2.24) is 15.0 Å². The van der Waals surface area contributed by atoms with Gasteiger partial charge in [0.2, 0.25) is 17.2 Å². The monoisotopic (exact) mass is 347 g/mol. The van der Waals surface area contributed by atoms with E-state index in [0.29, 0.717) is 16.9 Å². The molecule has 0 aliphatic carbocycles. The van der Waals surface area contributed by atoms with Crippen LogP contribution in [0.1, 0.15) is 0 Å². The van der Waals surface area contributed by atoms with Gasteiger partial charge in [-0.3, -0.25) is 0 Å². The van der Waals surface area contributed by atoms with Crippen LogP contribution in [0.2, 0.25) is 10.3 Å². The topological polar surface area (TPSA) is 62.7 Å². The Bertz CT molecular complexity index is 578. The molecule has 0 atom stereocenters. The van der Waals surface area contributed by atoms with Crippen LogP contribution >= 0.6 is 39.1 Å². The van der Waals surface area contributed by atoms with Gasteiger partial charge in [-0.15, -0.1) is 0 Å². The normalized spacial score (nSPS) is 10.2. The Morgan fingerprint density at radius 2 is 1.83 bits per heavy atom. The lowest BCUT2D eigenvalue weighted by Gasteiger charge is -2.08. The van der Waals surface area contributed by atoms with Gasteiger partial charge in [0, 0.05) is 16.5 Å². The number of halogens is 3. The highest BCUT2D eigenvalue weighted by Crippen LogP contribution is 2.27. The van der Waals surface area contributed by atoms with E-state index in [1.54, 1.807) is 19.2 Å². The van der Waals surface area contributed by atoms with Gasteiger partial charge in [-0.25, -0.2) is 0 Å². The first-order chi connectivity index (χ1) is 8.58. The van der Waals surface area contributed by atoms with Crippen molar-refractivity contribution in [2.24, 2.45) is 0 Å². The van der Waals surface area contributed by atoms with E-state index < -0.39 is 0 Å². The van der Waals surface area contributed by atoms with Crippen molar-refractivity contribution in [3.05, 3.63) is 33.0 Å². The summed E-state index contributed by atoms with van der Waals surface area (Å²) in [5, 5.41) is 6.57. The van der Waals surface area contributed by atoms with E-state index in [4.69, 9.17) is 23.2 Å². The number of hydrogen-bond donors (Lipinski definition) is 2. The van der Waals surface area contributed by atoms with Crippen LogP contribution in [0.25, 0.3) is 0 Å². The van der Waals surface area contributed by atoms with E-state index in [2.05, 4.69) is 41.5 Å². The van der Waals surface area contributed by atoms with Crippen LogP contribution in [0, 0.1) is 0 Å². The molecule has 0 radical (unpaired) electrons. The lowest BCUT2D eigenvalue weighted by molar-refractivity contribution is 1.05. The molecule has 0 aliphatic rings. The number of benzene rings is 1. The molecule has 0 aliphatic heterocycles. The van der Waals surface area contributed by atoms with Crippen molar-refractivity contribution >= 4 is 56.7 Å². The SMILES string of the molecule is CNc1nc(Cl)nc(Nc2ccc(Cl)cc2Br)n1. The van der Waals surface area contributed by atoms with Crippen molar-refractivity contribution in [2.75, 3.05) is 17.7 Å². The fourth-order valence-electron chi connectivity index (χ4n) is 1.23. The molecule has 0 fully saturated rings. The van der Waals surface area contributed by atoms with Gasteiger partial charge in [-0.2, -0.15) is 15.0 Å². The van der Waals surface area contributed by atoms with Crippen LogP contribution in [0.3, 0.4) is 0 Å². The highest BCUT2D eigenvalue weighted by atomic mass is 79.9. The molecule has 1 aromatic heterocycles. The molecule has 0 spiro atoms. The van der Waals surface area contributed by atoms with E-state index in [-0.39, 0.29) is 5.28 Å². The van der Waals surface area contributed by atoms with E-state index in [1.807, 2.05) is 6.07 Å².